The maximum Gasteiger partial charge on any atom is 0.253 e. The van der Waals surface area contributed by atoms with Crippen LogP contribution in [-0.2, 0) is 14.8 Å². The second kappa shape index (κ2) is 5.28. The molecule has 6 nitrogen and oxygen atoms in total. The van der Waals surface area contributed by atoms with Gasteiger partial charge in [0.1, 0.15) is 21.2 Å². The fraction of sp³-hybridized carbons (Fsp3) is 0.455. The summed E-state index contributed by atoms with van der Waals surface area (Å²) in [4.78, 5) is 11.7. The molecule has 1 aliphatic rings. The van der Waals surface area contributed by atoms with Gasteiger partial charge in [0.25, 0.3) is 10.0 Å². The van der Waals surface area contributed by atoms with E-state index in [1.165, 1.54) is 12.1 Å². The Hall–Kier alpha value is -1.43. The molecule has 8 heteroatoms. The molecular formula is C11H13N3O3S2. The number of primary amides is 1. The molecule has 1 aromatic rings. The van der Waals surface area contributed by atoms with Crippen LogP contribution in [0.4, 0.5) is 0 Å². The molecule has 2 N–H and O–H groups in total. The number of nitrogens with two attached hydrogens (primary N) is 1. The average molecular weight is 299 g/mol. The van der Waals surface area contributed by atoms with Gasteiger partial charge in [-0.15, -0.1) is 11.3 Å². The minimum atomic E-state index is -3.75. The quantitative estimate of drug-likeness (QED) is 0.884. The van der Waals surface area contributed by atoms with Crippen LogP contribution < -0.4 is 5.73 Å². The third-order valence-electron chi connectivity index (χ3n) is 3.04. The van der Waals surface area contributed by atoms with Gasteiger partial charge in [-0.3, -0.25) is 4.79 Å². The van der Waals surface area contributed by atoms with Gasteiger partial charge in [0.2, 0.25) is 5.91 Å². The van der Waals surface area contributed by atoms with E-state index < -0.39 is 22.0 Å². The summed E-state index contributed by atoms with van der Waals surface area (Å²) in [5.41, 5.74) is 5.27. The molecule has 0 radical (unpaired) electrons. The lowest BCUT2D eigenvalue weighted by atomic mass is 10.0. The summed E-state index contributed by atoms with van der Waals surface area (Å²) in [6.07, 6.45) is 1.94. The van der Waals surface area contributed by atoms with Crippen molar-refractivity contribution in [3.63, 3.8) is 0 Å². The molecule has 1 atom stereocenters. The summed E-state index contributed by atoms with van der Waals surface area (Å²) >= 11 is 0.904. The molecule has 1 saturated heterocycles. The Balaban J connectivity index is 2.37. The van der Waals surface area contributed by atoms with Crippen LogP contribution in [0, 0.1) is 11.3 Å². The van der Waals surface area contributed by atoms with Crippen LogP contribution in [0.2, 0.25) is 0 Å². The molecule has 1 aromatic heterocycles. The van der Waals surface area contributed by atoms with Gasteiger partial charge < -0.3 is 5.73 Å². The molecule has 0 aliphatic carbocycles. The first-order valence-corrected chi connectivity index (χ1v) is 8.03. The van der Waals surface area contributed by atoms with Crippen molar-refractivity contribution in [2.75, 3.05) is 6.54 Å². The molecule has 1 fully saturated rings. The number of carbonyl (C=O) groups is 1. The van der Waals surface area contributed by atoms with Gasteiger partial charge in [0, 0.05) is 6.54 Å². The van der Waals surface area contributed by atoms with E-state index in [9.17, 15) is 13.2 Å². The van der Waals surface area contributed by atoms with E-state index in [0.717, 1.165) is 22.1 Å². The van der Waals surface area contributed by atoms with Gasteiger partial charge in [-0.25, -0.2) is 8.42 Å². The van der Waals surface area contributed by atoms with Crippen molar-refractivity contribution < 1.29 is 13.2 Å². The van der Waals surface area contributed by atoms with E-state index in [2.05, 4.69) is 0 Å². The molecule has 0 saturated carbocycles. The van der Waals surface area contributed by atoms with Crippen LogP contribution in [0.25, 0.3) is 0 Å². The van der Waals surface area contributed by atoms with Crippen molar-refractivity contribution in [1.82, 2.24) is 4.31 Å². The monoisotopic (exact) mass is 299 g/mol. The van der Waals surface area contributed by atoms with Crippen LogP contribution in [0.1, 0.15) is 24.1 Å². The lowest BCUT2D eigenvalue weighted by Gasteiger charge is -2.32. The summed E-state index contributed by atoms with van der Waals surface area (Å²) in [5, 5.41) is 8.75. The first-order chi connectivity index (χ1) is 8.96. The summed E-state index contributed by atoms with van der Waals surface area (Å²) < 4.78 is 26.1. The predicted octanol–water partition coefficient (Wildman–Crippen LogP) is 0.648. The zero-order valence-electron chi connectivity index (χ0n) is 10.1. The number of hydrogen-bond donors (Lipinski definition) is 1. The molecule has 1 unspecified atom stereocenters. The first-order valence-electron chi connectivity index (χ1n) is 5.78. The molecule has 0 spiro atoms. The van der Waals surface area contributed by atoms with Gasteiger partial charge in [0.05, 0.1) is 0 Å². The van der Waals surface area contributed by atoms with E-state index >= 15 is 0 Å². The average Bonchev–Trinajstić information content (AvgIpc) is 2.88. The van der Waals surface area contributed by atoms with Crippen LogP contribution in [0.15, 0.2) is 16.3 Å². The van der Waals surface area contributed by atoms with Crippen molar-refractivity contribution >= 4 is 27.3 Å². The van der Waals surface area contributed by atoms with Crippen molar-refractivity contribution in [1.29, 1.82) is 5.26 Å². The summed E-state index contributed by atoms with van der Waals surface area (Å²) in [7, 11) is -3.75. The number of rotatable bonds is 3. The van der Waals surface area contributed by atoms with Gasteiger partial charge in [0.15, 0.2) is 0 Å². The number of hydrogen-bond acceptors (Lipinski definition) is 5. The number of sulfonamides is 1. The Labute approximate surface area is 115 Å². The second-order valence-corrected chi connectivity index (χ2v) is 7.46. The number of nitrogens with zero attached hydrogens (tertiary/aromatic N) is 2. The van der Waals surface area contributed by atoms with Crippen LogP contribution in [-0.4, -0.2) is 31.2 Å². The fourth-order valence-electron chi connectivity index (χ4n) is 2.11. The van der Waals surface area contributed by atoms with E-state index in [0.29, 0.717) is 17.7 Å². The molecule has 19 heavy (non-hydrogen) atoms. The predicted molar refractivity (Wildman–Crippen MR) is 69.8 cm³/mol. The highest BCUT2D eigenvalue weighted by Crippen LogP contribution is 2.29. The minimum Gasteiger partial charge on any atom is -0.368 e. The molecule has 2 rings (SSSR count). The van der Waals surface area contributed by atoms with Crippen molar-refractivity contribution in [3.05, 3.63) is 17.0 Å². The Morgan fingerprint density at radius 1 is 1.47 bits per heavy atom. The van der Waals surface area contributed by atoms with Gasteiger partial charge in [-0.2, -0.15) is 9.57 Å². The zero-order chi connectivity index (χ0) is 14.0. The van der Waals surface area contributed by atoms with E-state index in [-0.39, 0.29) is 10.8 Å². The molecule has 0 bridgehead atoms. The fourth-order valence-corrected chi connectivity index (χ4v) is 5.01. The molecule has 102 valence electrons. The summed E-state index contributed by atoms with van der Waals surface area (Å²) in [5.74, 6) is -0.625. The Morgan fingerprint density at radius 2 is 2.21 bits per heavy atom. The van der Waals surface area contributed by atoms with Crippen molar-refractivity contribution in [3.8, 4) is 6.07 Å². The van der Waals surface area contributed by atoms with E-state index in [1.54, 1.807) is 0 Å². The maximum atomic E-state index is 12.5. The Morgan fingerprint density at radius 3 is 2.79 bits per heavy atom. The van der Waals surface area contributed by atoms with Gasteiger partial charge in [-0.05, 0) is 25.0 Å². The van der Waals surface area contributed by atoms with Crippen LogP contribution >= 0.6 is 11.3 Å². The largest absolute Gasteiger partial charge is 0.368 e. The summed E-state index contributed by atoms with van der Waals surface area (Å²) in [6, 6.07) is 3.97. The topological polar surface area (TPSA) is 104 Å². The molecular weight excluding hydrogens is 286 g/mol. The van der Waals surface area contributed by atoms with E-state index in [4.69, 9.17) is 11.0 Å². The first kappa shape index (κ1) is 14.0. The number of carbonyl (C=O) groups excluding carboxylic acids is 1. The lowest BCUT2D eigenvalue weighted by Crippen LogP contribution is -2.50. The molecule has 1 aliphatic heterocycles. The number of piperidine rings is 1. The summed E-state index contributed by atoms with van der Waals surface area (Å²) in [6.45, 7) is 0.287. The van der Waals surface area contributed by atoms with Crippen molar-refractivity contribution in [2.45, 2.75) is 29.5 Å². The molecule has 1 amide bonds. The molecule has 2 heterocycles. The smallest absolute Gasteiger partial charge is 0.253 e. The van der Waals surface area contributed by atoms with E-state index in [1.807, 2.05) is 6.07 Å². The highest BCUT2D eigenvalue weighted by atomic mass is 32.2. The number of nitriles is 1. The van der Waals surface area contributed by atoms with Crippen LogP contribution in [0.3, 0.4) is 0 Å². The Kier molecular flexibility index (Phi) is 3.89. The third-order valence-corrected chi connectivity index (χ3v) is 6.40. The minimum absolute atomic E-state index is 0.0807. The molecule has 0 aromatic carbocycles. The van der Waals surface area contributed by atoms with Gasteiger partial charge >= 0.3 is 0 Å². The zero-order valence-corrected chi connectivity index (χ0v) is 11.7. The second-order valence-electron chi connectivity index (χ2n) is 4.26. The SMILES string of the molecule is N#Cc1ccc(S(=O)(=O)N2CCCCC2C(N)=O)s1. The van der Waals surface area contributed by atoms with Crippen molar-refractivity contribution in [2.24, 2.45) is 5.73 Å². The Bertz CT molecular complexity index is 630. The normalized spacial score (nSPS) is 20.9. The van der Waals surface area contributed by atoms with Crippen LogP contribution in [0.5, 0.6) is 0 Å². The third kappa shape index (κ3) is 2.63. The lowest BCUT2D eigenvalue weighted by molar-refractivity contribution is -0.122. The highest BCUT2D eigenvalue weighted by molar-refractivity contribution is 7.91. The number of amides is 1. The maximum absolute atomic E-state index is 12.5. The highest BCUT2D eigenvalue weighted by Gasteiger charge is 2.37. The van der Waals surface area contributed by atoms with Gasteiger partial charge in [-0.1, -0.05) is 6.42 Å². The number of thiophene rings is 1. The standard InChI is InChI=1S/C11H13N3O3S2/c12-7-8-4-5-10(18-8)19(16,17)14-6-2-1-3-9(14)11(13)15/h4-5,9H,1-3,6H2,(H2,13,15).